The molecule has 0 saturated heterocycles. The molecule has 0 unspecified atom stereocenters. The van der Waals surface area contributed by atoms with Crippen LogP contribution in [0.15, 0.2) is 46.9 Å². The molecular formula is C20H22BrCl2N3O4S. The smallest absolute Gasteiger partial charge is 0.244 e. The molecule has 0 fully saturated rings. The van der Waals surface area contributed by atoms with Crippen molar-refractivity contribution in [2.24, 2.45) is 0 Å². The van der Waals surface area contributed by atoms with Crippen molar-refractivity contribution in [3.8, 4) is 0 Å². The number of carbonyl (C=O) groups is 2. The lowest BCUT2D eigenvalue weighted by Crippen LogP contribution is -2.50. The summed E-state index contributed by atoms with van der Waals surface area (Å²) in [6.07, 6.45) is 0.982. The summed E-state index contributed by atoms with van der Waals surface area (Å²) >= 11 is 15.4. The summed E-state index contributed by atoms with van der Waals surface area (Å²) in [6, 6.07) is 10.7. The van der Waals surface area contributed by atoms with Crippen LogP contribution in [0.5, 0.6) is 0 Å². The molecule has 168 valence electrons. The fourth-order valence-electron chi connectivity index (χ4n) is 2.87. The second-order valence-electron chi connectivity index (χ2n) is 6.84. The zero-order chi connectivity index (χ0) is 23.3. The minimum Gasteiger partial charge on any atom is -0.357 e. The second kappa shape index (κ2) is 10.7. The van der Waals surface area contributed by atoms with E-state index < -0.39 is 28.5 Å². The summed E-state index contributed by atoms with van der Waals surface area (Å²) < 4.78 is 26.7. The molecule has 0 bridgehead atoms. The van der Waals surface area contributed by atoms with Gasteiger partial charge >= 0.3 is 0 Å². The number of likely N-dealkylation sites (N-methyl/N-ethyl adjacent to an activating group) is 1. The topological polar surface area (TPSA) is 86.8 Å². The van der Waals surface area contributed by atoms with Crippen molar-refractivity contribution in [1.82, 2.24) is 10.2 Å². The van der Waals surface area contributed by atoms with Crippen LogP contribution in [-0.2, 0) is 26.2 Å². The van der Waals surface area contributed by atoms with E-state index in [4.69, 9.17) is 23.2 Å². The summed E-state index contributed by atoms with van der Waals surface area (Å²) in [5.41, 5.74) is 0.938. The molecule has 0 aromatic heterocycles. The molecule has 1 N–H and O–H groups in total. The number of nitrogens with zero attached hydrogens (tertiary/aromatic N) is 2. The van der Waals surface area contributed by atoms with Gasteiger partial charge in [0, 0.05) is 28.1 Å². The maximum absolute atomic E-state index is 13.2. The number of rotatable bonds is 8. The first kappa shape index (κ1) is 25.5. The van der Waals surface area contributed by atoms with Crippen molar-refractivity contribution in [3.63, 3.8) is 0 Å². The predicted octanol–water partition coefficient (Wildman–Crippen LogP) is 3.69. The lowest BCUT2D eigenvalue weighted by Gasteiger charge is -2.31. The number of amides is 2. The van der Waals surface area contributed by atoms with Crippen LogP contribution in [0, 0.1) is 0 Å². The van der Waals surface area contributed by atoms with Crippen molar-refractivity contribution in [3.05, 3.63) is 62.5 Å². The normalized spacial score (nSPS) is 12.2. The zero-order valence-corrected chi connectivity index (χ0v) is 21.0. The second-order valence-corrected chi connectivity index (χ2v) is 10.5. The summed E-state index contributed by atoms with van der Waals surface area (Å²) in [5, 5.41) is 2.98. The summed E-state index contributed by atoms with van der Waals surface area (Å²) in [7, 11) is -2.38. The highest BCUT2D eigenvalue weighted by atomic mass is 79.9. The number of carbonyl (C=O) groups excluding carboxylic acids is 2. The fourth-order valence-corrected chi connectivity index (χ4v) is 4.49. The van der Waals surface area contributed by atoms with Crippen LogP contribution in [0.3, 0.4) is 0 Å². The maximum atomic E-state index is 13.2. The third-order valence-electron chi connectivity index (χ3n) is 4.49. The van der Waals surface area contributed by atoms with E-state index in [0.717, 1.165) is 20.6 Å². The van der Waals surface area contributed by atoms with Gasteiger partial charge in [-0.2, -0.15) is 0 Å². The first-order valence-corrected chi connectivity index (χ1v) is 12.5. The lowest BCUT2D eigenvalue weighted by molar-refractivity contribution is -0.139. The van der Waals surface area contributed by atoms with E-state index in [0.29, 0.717) is 0 Å². The molecule has 0 saturated carbocycles. The quantitative estimate of drug-likeness (QED) is 0.543. The van der Waals surface area contributed by atoms with Gasteiger partial charge in [-0.1, -0.05) is 51.3 Å². The van der Waals surface area contributed by atoms with Gasteiger partial charge in [-0.05, 0) is 42.8 Å². The molecular weight excluding hydrogens is 529 g/mol. The first-order chi connectivity index (χ1) is 14.4. The molecule has 2 aromatic carbocycles. The van der Waals surface area contributed by atoms with Crippen LogP contribution in [0.1, 0.15) is 12.5 Å². The van der Waals surface area contributed by atoms with Crippen LogP contribution in [0.4, 0.5) is 5.69 Å². The fraction of sp³-hybridized carbons (Fsp3) is 0.300. The molecule has 2 aromatic rings. The summed E-state index contributed by atoms with van der Waals surface area (Å²) in [6.45, 7) is 1.18. The van der Waals surface area contributed by atoms with Gasteiger partial charge in [0.25, 0.3) is 0 Å². The first-order valence-electron chi connectivity index (χ1n) is 9.11. The molecule has 0 aliphatic heterocycles. The lowest BCUT2D eigenvalue weighted by atomic mass is 10.1. The molecule has 0 aliphatic carbocycles. The Hall–Kier alpha value is -1.81. The molecule has 0 radical (unpaired) electrons. The highest BCUT2D eigenvalue weighted by Gasteiger charge is 2.29. The van der Waals surface area contributed by atoms with Crippen LogP contribution in [0.25, 0.3) is 0 Å². The molecule has 2 amide bonds. The number of nitrogens with one attached hydrogen (secondary N) is 1. The number of hydrogen-bond donors (Lipinski definition) is 1. The number of benzene rings is 2. The number of anilines is 1. The molecule has 11 heteroatoms. The van der Waals surface area contributed by atoms with Crippen LogP contribution < -0.4 is 9.62 Å². The third-order valence-corrected chi connectivity index (χ3v) is 6.60. The minimum absolute atomic E-state index is 0.120. The maximum Gasteiger partial charge on any atom is 0.244 e. The number of halogens is 3. The van der Waals surface area contributed by atoms with Gasteiger partial charge in [-0.3, -0.25) is 13.9 Å². The van der Waals surface area contributed by atoms with Gasteiger partial charge < -0.3 is 10.2 Å². The molecule has 0 aliphatic rings. The molecule has 0 heterocycles. The predicted molar refractivity (Wildman–Crippen MR) is 127 cm³/mol. The van der Waals surface area contributed by atoms with E-state index >= 15 is 0 Å². The standard InChI is InChI=1S/C20H22BrCl2N3O4S/c1-13(20(28)24-2)25(11-14-4-6-15(21)7-5-14)19(27)12-26(31(3,29)30)18-9-16(22)8-17(23)10-18/h4-10,13H,11-12H2,1-3H3,(H,24,28)/t13-/m1/s1. The third kappa shape index (κ3) is 7.10. The highest BCUT2D eigenvalue weighted by Crippen LogP contribution is 2.27. The Balaban J connectivity index is 2.40. The Kier molecular flexibility index (Phi) is 8.76. The monoisotopic (exact) mass is 549 g/mol. The van der Waals surface area contributed by atoms with Crippen molar-refractivity contribution in [2.75, 3.05) is 24.2 Å². The zero-order valence-electron chi connectivity index (χ0n) is 17.1. The van der Waals surface area contributed by atoms with E-state index in [2.05, 4.69) is 21.2 Å². The molecule has 0 spiro atoms. The van der Waals surface area contributed by atoms with Gasteiger partial charge in [0.15, 0.2) is 0 Å². The van der Waals surface area contributed by atoms with E-state index in [-0.39, 0.29) is 28.2 Å². The Morgan fingerprint density at radius 3 is 2.13 bits per heavy atom. The van der Waals surface area contributed by atoms with Gasteiger partial charge in [-0.25, -0.2) is 8.42 Å². The van der Waals surface area contributed by atoms with E-state index in [1.165, 1.54) is 30.1 Å². The van der Waals surface area contributed by atoms with Crippen molar-refractivity contribution in [1.29, 1.82) is 0 Å². The number of sulfonamides is 1. The van der Waals surface area contributed by atoms with Crippen LogP contribution >= 0.6 is 39.1 Å². The Bertz CT molecular complexity index is 1040. The Morgan fingerprint density at radius 1 is 1.10 bits per heavy atom. The largest absolute Gasteiger partial charge is 0.357 e. The van der Waals surface area contributed by atoms with E-state index in [9.17, 15) is 18.0 Å². The Labute approximate surface area is 200 Å². The van der Waals surface area contributed by atoms with Crippen molar-refractivity contribution < 1.29 is 18.0 Å². The van der Waals surface area contributed by atoms with Gasteiger partial charge in [-0.15, -0.1) is 0 Å². The van der Waals surface area contributed by atoms with Crippen molar-refractivity contribution in [2.45, 2.75) is 19.5 Å². The van der Waals surface area contributed by atoms with E-state index in [1.807, 2.05) is 24.3 Å². The number of hydrogen-bond acceptors (Lipinski definition) is 4. The average molecular weight is 551 g/mol. The average Bonchev–Trinajstić information content (AvgIpc) is 2.68. The van der Waals surface area contributed by atoms with Crippen LogP contribution in [-0.4, -0.2) is 51.0 Å². The summed E-state index contributed by atoms with van der Waals surface area (Å²) in [4.78, 5) is 26.8. The minimum atomic E-state index is -3.85. The van der Waals surface area contributed by atoms with Gasteiger partial charge in [0.05, 0.1) is 11.9 Å². The molecule has 7 nitrogen and oxygen atoms in total. The molecule has 1 atom stereocenters. The van der Waals surface area contributed by atoms with Gasteiger partial charge in [0.1, 0.15) is 12.6 Å². The Morgan fingerprint density at radius 2 is 1.65 bits per heavy atom. The SMILES string of the molecule is CNC(=O)[C@@H](C)N(Cc1ccc(Br)cc1)C(=O)CN(c1cc(Cl)cc(Cl)c1)S(C)(=O)=O. The van der Waals surface area contributed by atoms with Crippen LogP contribution in [0.2, 0.25) is 10.0 Å². The van der Waals surface area contributed by atoms with E-state index in [1.54, 1.807) is 6.92 Å². The van der Waals surface area contributed by atoms with Gasteiger partial charge in [0.2, 0.25) is 21.8 Å². The highest BCUT2D eigenvalue weighted by molar-refractivity contribution is 9.10. The van der Waals surface area contributed by atoms with Crippen molar-refractivity contribution >= 4 is 66.7 Å². The molecule has 2 rings (SSSR count). The molecule has 31 heavy (non-hydrogen) atoms. The summed E-state index contributed by atoms with van der Waals surface area (Å²) in [5.74, 6) is -0.928.